The number of amides is 3. The lowest BCUT2D eigenvalue weighted by atomic mass is 9.75. The number of nitrogens with one attached hydrogen (secondary N) is 1. The Morgan fingerprint density at radius 1 is 1.02 bits per heavy atom. The van der Waals surface area contributed by atoms with E-state index in [0.29, 0.717) is 31.0 Å². The second-order valence-electron chi connectivity index (χ2n) is 11.7. The second-order valence-corrected chi connectivity index (χ2v) is 13.2. The zero-order valence-corrected chi connectivity index (χ0v) is 24.5. The van der Waals surface area contributed by atoms with E-state index >= 15 is 0 Å². The molecule has 0 aromatic heterocycles. The summed E-state index contributed by atoms with van der Waals surface area (Å²) in [4.78, 5) is 28.7. The van der Waals surface area contributed by atoms with Crippen LogP contribution in [0.4, 0.5) is 31.1 Å². The molecule has 4 unspecified atom stereocenters. The first-order valence-corrected chi connectivity index (χ1v) is 15.7. The third-order valence-corrected chi connectivity index (χ3v) is 9.63. The van der Waals surface area contributed by atoms with Gasteiger partial charge in [0.1, 0.15) is 13.1 Å². The summed E-state index contributed by atoms with van der Waals surface area (Å²) in [5, 5.41) is 3.43. The van der Waals surface area contributed by atoms with Crippen molar-refractivity contribution in [3.63, 3.8) is 0 Å². The molecule has 14 heteroatoms. The quantitative estimate of drug-likeness (QED) is 0.156. The van der Waals surface area contributed by atoms with Crippen molar-refractivity contribution >= 4 is 27.5 Å². The summed E-state index contributed by atoms with van der Waals surface area (Å²) >= 11 is 0. The largest absolute Gasteiger partial charge is 0.416 e. The maximum absolute atomic E-state index is 13.7. The lowest BCUT2D eigenvalue weighted by Gasteiger charge is -2.48. The number of rotatable bonds is 8. The van der Waals surface area contributed by atoms with Crippen molar-refractivity contribution in [2.45, 2.75) is 62.1 Å². The van der Waals surface area contributed by atoms with Crippen molar-refractivity contribution in [1.82, 2.24) is 14.9 Å². The van der Waals surface area contributed by atoms with Crippen LogP contribution in [0.2, 0.25) is 0 Å². The summed E-state index contributed by atoms with van der Waals surface area (Å²) < 4.78 is 88.0. The Morgan fingerprint density at radius 3 is 2.12 bits per heavy atom. The summed E-state index contributed by atoms with van der Waals surface area (Å²) in [6, 6.07) is 10.1. The second kappa shape index (κ2) is 11.4. The van der Waals surface area contributed by atoms with Crippen LogP contribution >= 0.6 is 7.95 Å². The fourth-order valence-electron chi connectivity index (χ4n) is 5.90. The fraction of sp³-hybridized carbons (Fsp3) is 0.517. The summed E-state index contributed by atoms with van der Waals surface area (Å²) in [7, 11) is 4.56. The normalized spacial score (nSPS) is 26.3. The van der Waals surface area contributed by atoms with E-state index < -0.39 is 54.6 Å². The van der Waals surface area contributed by atoms with Crippen molar-refractivity contribution < 1.29 is 40.7 Å². The molecule has 1 spiro atoms. The molecule has 3 amide bonds. The summed E-state index contributed by atoms with van der Waals surface area (Å²) in [5.41, 5.74) is -4.40. The Labute approximate surface area is 248 Å². The molecule has 1 saturated carbocycles. The minimum atomic E-state index is -4.98. The number of benzene rings is 2. The van der Waals surface area contributed by atoms with E-state index in [-0.39, 0.29) is 37.1 Å². The van der Waals surface area contributed by atoms with Crippen molar-refractivity contribution in [2.24, 2.45) is 5.92 Å². The molecular formula is C29H31BF6N3O3P. The first-order valence-electron chi connectivity index (χ1n) is 13.9. The van der Waals surface area contributed by atoms with Gasteiger partial charge < -0.3 is 15.0 Å². The third-order valence-electron chi connectivity index (χ3n) is 8.64. The number of hydrogen-bond acceptors (Lipinski definition) is 4. The molecule has 2 aliphatic heterocycles. The van der Waals surface area contributed by atoms with Crippen LogP contribution in [0.25, 0.3) is 0 Å². The standard InChI is InChI=1S/C29H31BF6N3O3P/c1-18(20-12-22(28(31,32)33)14-23(13-20)29(34,35)36)42-17-26(21-6-4-3-5-7-21)10-11-27(16-37-26)24(40)39(43(2)30)25(41)38(27)15-19-8-9-19/h3-7,12-14,18-19,37H,8-11,15-17H2,1-2H3. The summed E-state index contributed by atoms with van der Waals surface area (Å²) in [6.07, 6.45) is -8.57. The molecular weight excluding hydrogens is 594 g/mol. The maximum atomic E-state index is 13.7. The van der Waals surface area contributed by atoms with Gasteiger partial charge in [0, 0.05) is 13.1 Å². The Balaban J connectivity index is 1.42. The van der Waals surface area contributed by atoms with E-state index in [1.54, 1.807) is 23.7 Å². The number of carbonyl (C=O) groups is 2. The molecule has 3 aliphatic rings. The average molecular weight is 625 g/mol. The van der Waals surface area contributed by atoms with Crippen molar-refractivity contribution in [1.29, 1.82) is 0 Å². The van der Waals surface area contributed by atoms with E-state index in [4.69, 9.17) is 12.3 Å². The molecule has 43 heavy (non-hydrogen) atoms. The van der Waals surface area contributed by atoms with Gasteiger partial charge in [-0.05, 0) is 74.5 Å². The Morgan fingerprint density at radius 2 is 1.63 bits per heavy atom. The van der Waals surface area contributed by atoms with Crippen LogP contribution < -0.4 is 5.32 Å². The lowest BCUT2D eigenvalue weighted by molar-refractivity contribution is -0.143. The molecule has 4 atom stereocenters. The van der Waals surface area contributed by atoms with Crippen molar-refractivity contribution in [2.75, 3.05) is 26.4 Å². The predicted molar refractivity (Wildman–Crippen MR) is 149 cm³/mol. The molecule has 1 N–H and O–H groups in total. The van der Waals surface area contributed by atoms with Gasteiger partial charge in [0.2, 0.25) is 0 Å². The number of piperidine rings is 1. The van der Waals surface area contributed by atoms with Crippen LogP contribution in [0, 0.1) is 5.92 Å². The molecule has 2 aromatic carbocycles. The maximum Gasteiger partial charge on any atom is 0.416 e. The third kappa shape index (κ3) is 6.18. The number of nitrogens with zero attached hydrogens (tertiary/aromatic N) is 2. The van der Waals surface area contributed by atoms with Crippen molar-refractivity contribution in [3.05, 3.63) is 70.8 Å². The number of halogens is 6. The highest BCUT2D eigenvalue weighted by Crippen LogP contribution is 2.48. The number of carbonyl (C=O) groups excluding carboxylic acids is 2. The molecule has 0 bridgehead atoms. The number of hydrogen-bond donors (Lipinski definition) is 1. The van der Waals surface area contributed by atoms with Gasteiger partial charge in [0.05, 0.1) is 29.4 Å². The minimum Gasteiger partial charge on any atom is -0.372 e. The van der Waals surface area contributed by atoms with Gasteiger partial charge >= 0.3 is 18.4 Å². The summed E-state index contributed by atoms with van der Waals surface area (Å²) in [5.74, 6) is -0.0465. The van der Waals surface area contributed by atoms with E-state index in [9.17, 15) is 35.9 Å². The number of ether oxygens (including phenoxy) is 1. The smallest absolute Gasteiger partial charge is 0.372 e. The van der Waals surface area contributed by atoms with Gasteiger partial charge in [-0.1, -0.05) is 38.3 Å². The Hall–Kier alpha value is -2.63. The molecule has 3 fully saturated rings. The van der Waals surface area contributed by atoms with Gasteiger partial charge in [-0.3, -0.25) is 9.46 Å². The van der Waals surface area contributed by atoms with E-state index in [1.807, 2.05) is 18.2 Å². The zero-order chi connectivity index (χ0) is 31.4. The topological polar surface area (TPSA) is 61.9 Å². The highest BCUT2D eigenvalue weighted by Gasteiger charge is 2.61. The molecule has 2 aromatic rings. The molecule has 230 valence electrons. The Bertz CT molecular complexity index is 1330. The van der Waals surface area contributed by atoms with Gasteiger partial charge in [-0.25, -0.2) is 4.79 Å². The van der Waals surface area contributed by atoms with Gasteiger partial charge in [0.15, 0.2) is 0 Å². The van der Waals surface area contributed by atoms with E-state index in [0.717, 1.165) is 23.1 Å². The first-order chi connectivity index (χ1) is 20.1. The monoisotopic (exact) mass is 625 g/mol. The molecule has 2 radical (unpaired) electrons. The highest BCUT2D eigenvalue weighted by molar-refractivity contribution is 7.80. The van der Waals surface area contributed by atoms with Crippen LogP contribution in [0.1, 0.15) is 61.0 Å². The number of urea groups is 1. The fourth-order valence-corrected chi connectivity index (χ4v) is 6.75. The van der Waals surface area contributed by atoms with Gasteiger partial charge in [-0.15, -0.1) is 0 Å². The predicted octanol–water partition coefficient (Wildman–Crippen LogP) is 6.60. The number of alkyl halides is 6. The highest BCUT2D eigenvalue weighted by atomic mass is 31.1. The van der Waals surface area contributed by atoms with E-state index in [1.165, 1.54) is 6.92 Å². The molecule has 2 heterocycles. The van der Waals surface area contributed by atoms with Crippen LogP contribution in [-0.2, 0) is 27.4 Å². The molecule has 1 aliphatic carbocycles. The average Bonchev–Trinajstić information content (AvgIpc) is 3.75. The Kier molecular flexibility index (Phi) is 8.41. The zero-order valence-electron chi connectivity index (χ0n) is 23.6. The summed E-state index contributed by atoms with van der Waals surface area (Å²) in [6.45, 7) is 3.44. The van der Waals surface area contributed by atoms with Gasteiger partial charge in [-0.2, -0.15) is 26.3 Å². The molecule has 2 saturated heterocycles. The van der Waals surface area contributed by atoms with Crippen LogP contribution in [-0.4, -0.2) is 61.0 Å². The lowest BCUT2D eigenvalue weighted by Crippen LogP contribution is -2.65. The van der Waals surface area contributed by atoms with Crippen LogP contribution in [0.3, 0.4) is 0 Å². The molecule has 6 nitrogen and oxygen atoms in total. The molecule has 5 rings (SSSR count). The van der Waals surface area contributed by atoms with Crippen molar-refractivity contribution in [3.8, 4) is 0 Å². The van der Waals surface area contributed by atoms with Gasteiger partial charge in [0.25, 0.3) is 5.91 Å². The number of imide groups is 1. The minimum absolute atomic E-state index is 0.0817. The van der Waals surface area contributed by atoms with Crippen LogP contribution in [0.5, 0.6) is 0 Å². The SMILES string of the molecule is [B]P(C)N1C(=O)N(CC2CC2)C2(CCC(COC(C)c3cc(C(F)(F)F)cc(C(F)(F)F)c3)(c3ccccc3)NC2)C1=O. The van der Waals surface area contributed by atoms with E-state index in [2.05, 4.69) is 5.32 Å². The van der Waals surface area contributed by atoms with Crippen LogP contribution in [0.15, 0.2) is 48.5 Å². The first kappa shape index (κ1) is 31.8.